The molecule has 0 spiro atoms. The first kappa shape index (κ1) is 16.9. The molecular weight excluding hydrogens is 340 g/mol. The summed E-state index contributed by atoms with van der Waals surface area (Å²) in [6, 6.07) is 13.5. The van der Waals surface area contributed by atoms with E-state index in [1.807, 2.05) is 30.3 Å². The summed E-state index contributed by atoms with van der Waals surface area (Å²) in [6.07, 6.45) is 0. The summed E-state index contributed by atoms with van der Waals surface area (Å²) in [7, 11) is 0. The zero-order chi connectivity index (χ0) is 17.6. The number of anilines is 1. The molecule has 0 aliphatic heterocycles. The van der Waals surface area contributed by atoms with Crippen LogP contribution in [0.15, 0.2) is 53.9 Å². The Morgan fingerprint density at radius 3 is 2.68 bits per heavy atom. The minimum atomic E-state index is -1.06. The fourth-order valence-electron chi connectivity index (χ4n) is 2.20. The number of nitrogens with zero attached hydrogens (tertiary/aromatic N) is 1. The van der Waals surface area contributed by atoms with Gasteiger partial charge in [0.15, 0.2) is 5.82 Å². The number of aromatic amines is 1. The minimum absolute atomic E-state index is 0.313. The number of thiophene rings is 1. The molecule has 1 atom stereocenters. The summed E-state index contributed by atoms with van der Waals surface area (Å²) in [5.41, 5.74) is 1.68. The molecule has 128 valence electrons. The molecule has 2 aromatic heterocycles. The van der Waals surface area contributed by atoms with Crippen LogP contribution in [0.1, 0.15) is 9.67 Å². The van der Waals surface area contributed by atoms with Crippen molar-refractivity contribution >= 4 is 29.0 Å². The van der Waals surface area contributed by atoms with E-state index in [2.05, 4.69) is 20.8 Å². The SMILES string of the molecule is O=C(NC(CO)C(=O)Nc1cc(-c2ccccc2)[nH]n1)c1cccs1. The third-order valence-corrected chi connectivity index (χ3v) is 4.33. The van der Waals surface area contributed by atoms with Crippen LogP contribution in [0.5, 0.6) is 0 Å². The lowest BCUT2D eigenvalue weighted by atomic mass is 10.1. The Hall–Kier alpha value is -2.97. The maximum atomic E-state index is 12.3. The third-order valence-electron chi connectivity index (χ3n) is 3.46. The van der Waals surface area contributed by atoms with Crippen molar-refractivity contribution in [2.75, 3.05) is 11.9 Å². The van der Waals surface area contributed by atoms with Crippen molar-refractivity contribution in [1.29, 1.82) is 0 Å². The van der Waals surface area contributed by atoms with Crippen molar-refractivity contribution in [3.63, 3.8) is 0 Å². The molecule has 0 saturated heterocycles. The second-order valence-corrected chi connectivity index (χ2v) is 6.16. The smallest absolute Gasteiger partial charge is 0.262 e. The molecule has 0 saturated carbocycles. The van der Waals surface area contributed by atoms with Crippen molar-refractivity contribution < 1.29 is 14.7 Å². The van der Waals surface area contributed by atoms with Gasteiger partial charge in [0.05, 0.1) is 17.2 Å². The first-order valence-electron chi connectivity index (χ1n) is 7.54. The second kappa shape index (κ2) is 7.73. The topological polar surface area (TPSA) is 107 Å². The van der Waals surface area contributed by atoms with Gasteiger partial charge in [-0.25, -0.2) is 0 Å². The average molecular weight is 356 g/mol. The maximum absolute atomic E-state index is 12.3. The Bertz CT molecular complexity index is 846. The molecule has 3 rings (SSSR count). The van der Waals surface area contributed by atoms with Gasteiger partial charge in [0.1, 0.15) is 6.04 Å². The highest BCUT2D eigenvalue weighted by Gasteiger charge is 2.22. The van der Waals surface area contributed by atoms with Crippen molar-refractivity contribution in [3.8, 4) is 11.3 Å². The molecule has 25 heavy (non-hydrogen) atoms. The molecule has 2 amide bonds. The number of aliphatic hydroxyl groups excluding tert-OH is 1. The molecule has 1 unspecified atom stereocenters. The number of nitrogens with one attached hydrogen (secondary N) is 3. The van der Waals surface area contributed by atoms with E-state index in [9.17, 15) is 14.7 Å². The van der Waals surface area contributed by atoms with Gasteiger partial charge in [-0.3, -0.25) is 14.7 Å². The largest absolute Gasteiger partial charge is 0.394 e. The summed E-state index contributed by atoms with van der Waals surface area (Å²) in [5.74, 6) is -0.637. The zero-order valence-corrected chi connectivity index (χ0v) is 13.9. The van der Waals surface area contributed by atoms with Gasteiger partial charge in [0.2, 0.25) is 0 Å². The number of amides is 2. The molecule has 3 aromatic rings. The van der Waals surface area contributed by atoms with Gasteiger partial charge in [-0.05, 0) is 17.0 Å². The molecule has 7 nitrogen and oxygen atoms in total. The number of aliphatic hydroxyl groups is 1. The molecule has 2 heterocycles. The van der Waals surface area contributed by atoms with Gasteiger partial charge in [0.25, 0.3) is 11.8 Å². The fraction of sp³-hybridized carbons (Fsp3) is 0.118. The first-order chi connectivity index (χ1) is 12.2. The molecule has 0 radical (unpaired) electrons. The Balaban J connectivity index is 1.64. The van der Waals surface area contributed by atoms with Gasteiger partial charge in [-0.15, -0.1) is 11.3 Å². The van der Waals surface area contributed by atoms with E-state index < -0.39 is 24.5 Å². The molecule has 0 aliphatic rings. The number of carbonyl (C=O) groups excluding carboxylic acids is 2. The Morgan fingerprint density at radius 2 is 2.00 bits per heavy atom. The summed E-state index contributed by atoms with van der Waals surface area (Å²) in [5, 5.41) is 23.1. The number of hydrogen-bond acceptors (Lipinski definition) is 5. The summed E-state index contributed by atoms with van der Waals surface area (Å²) >= 11 is 1.26. The van der Waals surface area contributed by atoms with Crippen molar-refractivity contribution in [1.82, 2.24) is 15.5 Å². The summed E-state index contributed by atoms with van der Waals surface area (Å²) < 4.78 is 0. The van der Waals surface area contributed by atoms with Gasteiger partial charge in [-0.2, -0.15) is 5.10 Å². The average Bonchev–Trinajstić information content (AvgIpc) is 3.32. The second-order valence-electron chi connectivity index (χ2n) is 5.21. The number of aromatic nitrogens is 2. The molecule has 8 heteroatoms. The number of H-pyrrole nitrogens is 1. The molecule has 1 aromatic carbocycles. The van der Waals surface area contributed by atoms with Gasteiger partial charge in [-0.1, -0.05) is 36.4 Å². The quantitative estimate of drug-likeness (QED) is 0.541. The summed E-state index contributed by atoms with van der Waals surface area (Å²) in [4.78, 5) is 24.7. The van der Waals surface area contributed by atoms with Crippen molar-refractivity contribution in [2.24, 2.45) is 0 Å². The van der Waals surface area contributed by atoms with E-state index >= 15 is 0 Å². The van der Waals surface area contributed by atoms with E-state index in [-0.39, 0.29) is 0 Å². The Morgan fingerprint density at radius 1 is 1.20 bits per heavy atom. The number of hydrogen-bond donors (Lipinski definition) is 4. The van der Waals surface area contributed by atoms with Gasteiger partial charge in [0, 0.05) is 6.07 Å². The van der Waals surface area contributed by atoms with Crippen LogP contribution in [-0.4, -0.2) is 39.8 Å². The number of carbonyl (C=O) groups is 2. The molecule has 0 fully saturated rings. The number of benzene rings is 1. The van der Waals surface area contributed by atoms with Crippen LogP contribution in [0, 0.1) is 0 Å². The highest BCUT2D eigenvalue weighted by molar-refractivity contribution is 7.12. The van der Waals surface area contributed by atoms with E-state index in [4.69, 9.17) is 0 Å². The minimum Gasteiger partial charge on any atom is -0.394 e. The Kier molecular flexibility index (Phi) is 5.22. The van der Waals surface area contributed by atoms with E-state index in [1.54, 1.807) is 23.6 Å². The van der Waals surface area contributed by atoms with Crippen LogP contribution in [0.3, 0.4) is 0 Å². The monoisotopic (exact) mass is 356 g/mol. The highest BCUT2D eigenvalue weighted by Crippen LogP contribution is 2.19. The molecule has 4 N–H and O–H groups in total. The molecule has 0 aliphatic carbocycles. The lowest BCUT2D eigenvalue weighted by Crippen LogP contribution is -2.46. The van der Waals surface area contributed by atoms with E-state index in [0.29, 0.717) is 10.7 Å². The van der Waals surface area contributed by atoms with E-state index in [0.717, 1.165) is 11.3 Å². The van der Waals surface area contributed by atoms with Gasteiger partial charge >= 0.3 is 0 Å². The first-order valence-corrected chi connectivity index (χ1v) is 8.42. The van der Waals surface area contributed by atoms with Crippen LogP contribution >= 0.6 is 11.3 Å². The summed E-state index contributed by atoms with van der Waals surface area (Å²) in [6.45, 7) is -0.515. The standard InChI is InChI=1S/C17H16N4O3S/c22-10-13(18-17(24)14-7-4-8-25-14)16(23)19-15-9-12(20-21-15)11-5-2-1-3-6-11/h1-9,13,22H,10H2,(H,18,24)(H2,19,20,21,23). The normalized spacial score (nSPS) is 11.7. The molecule has 0 bridgehead atoms. The fourth-order valence-corrected chi connectivity index (χ4v) is 2.82. The predicted octanol–water partition coefficient (Wildman–Crippen LogP) is 1.87. The van der Waals surface area contributed by atoms with Crippen LogP contribution < -0.4 is 10.6 Å². The number of rotatable bonds is 6. The van der Waals surface area contributed by atoms with Crippen LogP contribution in [0.4, 0.5) is 5.82 Å². The van der Waals surface area contributed by atoms with E-state index in [1.165, 1.54) is 11.3 Å². The zero-order valence-electron chi connectivity index (χ0n) is 13.1. The van der Waals surface area contributed by atoms with Crippen molar-refractivity contribution in [2.45, 2.75) is 6.04 Å². The van der Waals surface area contributed by atoms with Crippen LogP contribution in [0.2, 0.25) is 0 Å². The lowest BCUT2D eigenvalue weighted by Gasteiger charge is -2.14. The molecular formula is C17H16N4O3S. The third kappa shape index (κ3) is 4.11. The lowest BCUT2D eigenvalue weighted by molar-refractivity contribution is -0.118. The Labute approximate surface area is 147 Å². The van der Waals surface area contributed by atoms with Gasteiger partial charge < -0.3 is 15.7 Å². The highest BCUT2D eigenvalue weighted by atomic mass is 32.1. The van der Waals surface area contributed by atoms with Crippen LogP contribution in [0.25, 0.3) is 11.3 Å². The van der Waals surface area contributed by atoms with Crippen LogP contribution in [-0.2, 0) is 4.79 Å². The predicted molar refractivity (Wildman–Crippen MR) is 95.3 cm³/mol. The van der Waals surface area contributed by atoms with Crippen molar-refractivity contribution in [3.05, 3.63) is 58.8 Å². The maximum Gasteiger partial charge on any atom is 0.262 e.